The highest BCUT2D eigenvalue weighted by Gasteiger charge is 2.23. The van der Waals surface area contributed by atoms with Gasteiger partial charge in [-0.1, -0.05) is 70.8 Å². The van der Waals surface area contributed by atoms with Gasteiger partial charge in [0.1, 0.15) is 5.15 Å². The van der Waals surface area contributed by atoms with Crippen molar-refractivity contribution in [1.82, 2.24) is 4.98 Å². The summed E-state index contributed by atoms with van der Waals surface area (Å²) in [5.41, 5.74) is 4.24. The van der Waals surface area contributed by atoms with Crippen LogP contribution >= 0.6 is 23.2 Å². The third-order valence-corrected chi connectivity index (χ3v) is 4.23. The zero-order valence-electron chi connectivity index (χ0n) is 14.1. The molecule has 0 unspecified atom stereocenters. The second kappa shape index (κ2) is 5.86. The average molecular weight is 336 g/mol. The molecule has 0 atom stereocenters. The standard InChI is InChI=1S/C19H23Cl2N/c1-18(2,3)12-7-9-15(20)14(11-12)13-8-10-16(21)22-17(13)19(4,5)6/h7-11H,1-6H3. The van der Waals surface area contributed by atoms with Gasteiger partial charge in [0.05, 0.1) is 5.69 Å². The van der Waals surface area contributed by atoms with Crippen molar-refractivity contribution in [1.29, 1.82) is 0 Å². The predicted molar refractivity (Wildman–Crippen MR) is 97.1 cm³/mol. The Kier molecular flexibility index (Phi) is 4.61. The van der Waals surface area contributed by atoms with Crippen molar-refractivity contribution in [3.05, 3.63) is 51.8 Å². The molecule has 0 spiro atoms. The Morgan fingerprint density at radius 2 is 1.41 bits per heavy atom. The van der Waals surface area contributed by atoms with Gasteiger partial charge in [0, 0.05) is 21.6 Å². The van der Waals surface area contributed by atoms with E-state index in [0.717, 1.165) is 21.8 Å². The molecule has 0 radical (unpaired) electrons. The number of rotatable bonds is 1. The number of benzene rings is 1. The summed E-state index contributed by atoms with van der Waals surface area (Å²) >= 11 is 12.6. The van der Waals surface area contributed by atoms with Crippen LogP contribution in [0.4, 0.5) is 0 Å². The summed E-state index contributed by atoms with van der Waals surface area (Å²) in [5.74, 6) is 0. The van der Waals surface area contributed by atoms with Crippen LogP contribution in [0.5, 0.6) is 0 Å². The largest absolute Gasteiger partial charge is 0.240 e. The maximum Gasteiger partial charge on any atom is 0.129 e. The third kappa shape index (κ3) is 3.64. The van der Waals surface area contributed by atoms with Crippen molar-refractivity contribution in [3.8, 4) is 11.1 Å². The van der Waals surface area contributed by atoms with E-state index in [2.05, 4.69) is 58.7 Å². The minimum atomic E-state index is -0.110. The van der Waals surface area contributed by atoms with Crippen LogP contribution in [0.1, 0.15) is 52.8 Å². The zero-order chi connectivity index (χ0) is 16.7. The second-order valence-electron chi connectivity index (χ2n) is 7.72. The molecule has 1 heterocycles. The van der Waals surface area contributed by atoms with Crippen LogP contribution < -0.4 is 0 Å². The predicted octanol–water partition coefficient (Wildman–Crippen LogP) is 6.65. The van der Waals surface area contributed by atoms with Gasteiger partial charge in [0.2, 0.25) is 0 Å². The summed E-state index contributed by atoms with van der Waals surface area (Å²) in [6.45, 7) is 13.0. The lowest BCUT2D eigenvalue weighted by molar-refractivity contribution is 0.571. The second-order valence-corrected chi connectivity index (χ2v) is 8.52. The van der Waals surface area contributed by atoms with Crippen molar-refractivity contribution in [3.63, 3.8) is 0 Å². The summed E-state index contributed by atoms with van der Waals surface area (Å²) in [4.78, 5) is 4.56. The fraction of sp³-hybridized carbons (Fsp3) is 0.421. The number of hydrogen-bond donors (Lipinski definition) is 0. The zero-order valence-corrected chi connectivity index (χ0v) is 15.6. The quantitative estimate of drug-likeness (QED) is 0.531. The Labute approximate surface area is 143 Å². The maximum absolute atomic E-state index is 6.48. The van der Waals surface area contributed by atoms with E-state index < -0.39 is 0 Å². The number of pyridine rings is 1. The Morgan fingerprint density at radius 3 is 1.95 bits per heavy atom. The fourth-order valence-electron chi connectivity index (χ4n) is 2.42. The SMILES string of the molecule is CC(C)(C)c1ccc(Cl)c(-c2ccc(Cl)nc2C(C)(C)C)c1. The lowest BCUT2D eigenvalue weighted by Crippen LogP contribution is -2.16. The highest BCUT2D eigenvalue weighted by atomic mass is 35.5. The Morgan fingerprint density at radius 1 is 0.773 bits per heavy atom. The summed E-state index contributed by atoms with van der Waals surface area (Å²) in [7, 11) is 0. The van der Waals surface area contributed by atoms with Gasteiger partial charge in [-0.25, -0.2) is 4.98 Å². The average Bonchev–Trinajstić information content (AvgIpc) is 2.37. The van der Waals surface area contributed by atoms with Gasteiger partial charge in [0.15, 0.2) is 0 Å². The molecule has 0 aliphatic heterocycles. The first-order valence-electron chi connectivity index (χ1n) is 7.47. The molecule has 0 N–H and O–H groups in total. The van der Waals surface area contributed by atoms with Crippen molar-refractivity contribution >= 4 is 23.2 Å². The van der Waals surface area contributed by atoms with E-state index in [9.17, 15) is 0 Å². The number of hydrogen-bond acceptors (Lipinski definition) is 1. The molecule has 0 bridgehead atoms. The normalized spacial score (nSPS) is 12.5. The van der Waals surface area contributed by atoms with Crippen molar-refractivity contribution < 1.29 is 0 Å². The molecule has 1 aromatic heterocycles. The van der Waals surface area contributed by atoms with Crippen LogP contribution in [0.25, 0.3) is 11.1 Å². The molecule has 22 heavy (non-hydrogen) atoms. The molecule has 0 aliphatic rings. The molecule has 3 heteroatoms. The molecule has 118 valence electrons. The lowest BCUT2D eigenvalue weighted by Gasteiger charge is -2.24. The van der Waals surface area contributed by atoms with E-state index >= 15 is 0 Å². The first kappa shape index (κ1) is 17.3. The first-order chi connectivity index (χ1) is 10.00. The summed E-state index contributed by atoms with van der Waals surface area (Å²) in [6, 6.07) is 10.1. The summed E-state index contributed by atoms with van der Waals surface area (Å²) < 4.78 is 0. The van der Waals surface area contributed by atoms with E-state index in [1.807, 2.05) is 18.2 Å². The first-order valence-corrected chi connectivity index (χ1v) is 8.23. The van der Waals surface area contributed by atoms with Crippen LogP contribution in [-0.4, -0.2) is 4.98 Å². The number of nitrogens with zero attached hydrogens (tertiary/aromatic N) is 1. The molecule has 2 aromatic rings. The van der Waals surface area contributed by atoms with E-state index in [-0.39, 0.29) is 10.8 Å². The van der Waals surface area contributed by atoms with Crippen LogP contribution in [0.15, 0.2) is 30.3 Å². The minimum absolute atomic E-state index is 0.0705. The van der Waals surface area contributed by atoms with Crippen LogP contribution in [0, 0.1) is 0 Å². The van der Waals surface area contributed by atoms with E-state index in [1.165, 1.54) is 5.56 Å². The van der Waals surface area contributed by atoms with Gasteiger partial charge in [-0.05, 0) is 35.2 Å². The van der Waals surface area contributed by atoms with Gasteiger partial charge in [-0.2, -0.15) is 0 Å². The summed E-state index contributed by atoms with van der Waals surface area (Å²) in [5, 5.41) is 1.25. The highest BCUT2D eigenvalue weighted by Crippen LogP contribution is 2.38. The Bertz CT molecular complexity index is 692. The smallest absolute Gasteiger partial charge is 0.129 e. The van der Waals surface area contributed by atoms with Gasteiger partial charge in [-0.15, -0.1) is 0 Å². The molecule has 1 nitrogen and oxygen atoms in total. The lowest BCUT2D eigenvalue weighted by atomic mass is 9.83. The molecule has 0 aliphatic carbocycles. The molecule has 0 fully saturated rings. The highest BCUT2D eigenvalue weighted by molar-refractivity contribution is 6.33. The maximum atomic E-state index is 6.48. The number of halogens is 2. The molecule has 0 saturated heterocycles. The Hall–Kier alpha value is -1.05. The van der Waals surface area contributed by atoms with E-state index in [1.54, 1.807) is 0 Å². The molecule has 0 amide bonds. The van der Waals surface area contributed by atoms with E-state index in [4.69, 9.17) is 23.2 Å². The monoisotopic (exact) mass is 335 g/mol. The van der Waals surface area contributed by atoms with Gasteiger partial charge >= 0.3 is 0 Å². The van der Waals surface area contributed by atoms with E-state index in [0.29, 0.717) is 5.15 Å². The molecular formula is C19H23Cl2N. The van der Waals surface area contributed by atoms with Crippen LogP contribution in [-0.2, 0) is 10.8 Å². The Balaban J connectivity index is 2.72. The topological polar surface area (TPSA) is 12.9 Å². The third-order valence-electron chi connectivity index (χ3n) is 3.69. The fourth-order valence-corrected chi connectivity index (χ4v) is 2.79. The van der Waals surface area contributed by atoms with Crippen LogP contribution in [0.2, 0.25) is 10.2 Å². The van der Waals surface area contributed by atoms with Gasteiger partial charge in [-0.3, -0.25) is 0 Å². The molecule has 0 saturated carbocycles. The molecule has 2 rings (SSSR count). The van der Waals surface area contributed by atoms with Crippen LogP contribution in [0.3, 0.4) is 0 Å². The van der Waals surface area contributed by atoms with Crippen molar-refractivity contribution in [2.24, 2.45) is 0 Å². The minimum Gasteiger partial charge on any atom is -0.240 e. The van der Waals surface area contributed by atoms with Crippen molar-refractivity contribution in [2.75, 3.05) is 0 Å². The van der Waals surface area contributed by atoms with Crippen molar-refractivity contribution in [2.45, 2.75) is 52.4 Å². The molecular weight excluding hydrogens is 313 g/mol. The molecule has 1 aromatic carbocycles. The van der Waals surface area contributed by atoms with Gasteiger partial charge in [0.25, 0.3) is 0 Å². The van der Waals surface area contributed by atoms with Gasteiger partial charge < -0.3 is 0 Å². The number of aromatic nitrogens is 1. The summed E-state index contributed by atoms with van der Waals surface area (Å²) in [6.07, 6.45) is 0.